The first kappa shape index (κ1) is 25.1. The standard InChI is InChI=1S/C25H33N5O4S/c1-17-11-18(2)15-30(14-17)35(33,34)22-7-3-5-19(12-22)25(32)28-21-8-9-23(27-13-21)29-10-4-6-20(16-29)24(26)31/h3,5,7-9,12-13,17-18,20H,4,6,10-11,14-16H2,1-2H3,(H2,26,31)(H,28,32). The number of primary amides is 1. The molecule has 1 aromatic carbocycles. The van der Waals surface area contributed by atoms with Crippen LogP contribution in [0.4, 0.5) is 11.5 Å². The number of aromatic nitrogens is 1. The Kier molecular flexibility index (Phi) is 7.42. The van der Waals surface area contributed by atoms with Crippen molar-refractivity contribution in [2.75, 3.05) is 36.4 Å². The zero-order valence-corrected chi connectivity index (χ0v) is 21.0. The van der Waals surface area contributed by atoms with Crippen LogP contribution in [0.5, 0.6) is 0 Å². The fourth-order valence-electron chi connectivity index (χ4n) is 5.02. The highest BCUT2D eigenvalue weighted by molar-refractivity contribution is 7.89. The Morgan fingerprint density at radius 3 is 2.49 bits per heavy atom. The number of nitrogens with zero attached hydrogens (tertiary/aromatic N) is 3. The molecule has 0 radical (unpaired) electrons. The first-order valence-electron chi connectivity index (χ1n) is 12.1. The van der Waals surface area contributed by atoms with E-state index in [1.807, 2.05) is 4.90 Å². The molecule has 0 aliphatic carbocycles. The molecule has 0 saturated carbocycles. The number of amides is 2. The maximum absolute atomic E-state index is 13.2. The first-order chi connectivity index (χ1) is 16.6. The Labute approximate surface area is 206 Å². The van der Waals surface area contributed by atoms with Crippen LogP contribution in [0.2, 0.25) is 0 Å². The molecule has 2 saturated heterocycles. The van der Waals surface area contributed by atoms with E-state index in [1.54, 1.807) is 30.5 Å². The topological polar surface area (TPSA) is 126 Å². The highest BCUT2D eigenvalue weighted by Gasteiger charge is 2.32. The average molecular weight is 500 g/mol. The highest BCUT2D eigenvalue weighted by atomic mass is 32.2. The molecule has 3 atom stereocenters. The zero-order chi connectivity index (χ0) is 25.2. The van der Waals surface area contributed by atoms with E-state index in [9.17, 15) is 18.0 Å². The molecule has 4 rings (SSSR count). The number of pyridine rings is 1. The number of rotatable bonds is 6. The van der Waals surface area contributed by atoms with Crippen molar-refractivity contribution in [3.63, 3.8) is 0 Å². The number of carbonyl (C=O) groups excluding carboxylic acids is 2. The zero-order valence-electron chi connectivity index (χ0n) is 20.2. The van der Waals surface area contributed by atoms with Gasteiger partial charge in [0.1, 0.15) is 5.82 Å². The van der Waals surface area contributed by atoms with Gasteiger partial charge in [0, 0.05) is 31.7 Å². The first-order valence-corrected chi connectivity index (χ1v) is 13.5. The molecule has 2 aliphatic rings. The molecular weight excluding hydrogens is 466 g/mol. The van der Waals surface area contributed by atoms with Gasteiger partial charge in [-0.05, 0) is 61.4 Å². The Balaban J connectivity index is 1.44. The van der Waals surface area contributed by atoms with Crippen LogP contribution in [-0.4, -0.2) is 55.7 Å². The lowest BCUT2D eigenvalue weighted by Gasteiger charge is -2.34. The van der Waals surface area contributed by atoms with Crippen LogP contribution in [-0.2, 0) is 14.8 Å². The molecule has 2 fully saturated rings. The normalized spacial score (nSPS) is 23.6. The van der Waals surface area contributed by atoms with E-state index in [4.69, 9.17) is 5.73 Å². The summed E-state index contributed by atoms with van der Waals surface area (Å²) in [6, 6.07) is 9.67. The molecule has 3 N–H and O–H groups in total. The largest absolute Gasteiger partial charge is 0.369 e. The summed E-state index contributed by atoms with van der Waals surface area (Å²) >= 11 is 0. The number of anilines is 2. The predicted octanol–water partition coefficient (Wildman–Crippen LogP) is 2.70. The van der Waals surface area contributed by atoms with Gasteiger partial charge in [-0.25, -0.2) is 13.4 Å². The number of carbonyl (C=O) groups is 2. The van der Waals surface area contributed by atoms with Gasteiger partial charge < -0.3 is 16.0 Å². The lowest BCUT2D eigenvalue weighted by molar-refractivity contribution is -0.122. The van der Waals surface area contributed by atoms with Crippen molar-refractivity contribution in [1.82, 2.24) is 9.29 Å². The van der Waals surface area contributed by atoms with Crippen LogP contribution in [0.3, 0.4) is 0 Å². The predicted molar refractivity (Wildman–Crippen MR) is 134 cm³/mol. The van der Waals surface area contributed by atoms with E-state index < -0.39 is 15.9 Å². The molecule has 2 aliphatic heterocycles. The number of hydrogen-bond acceptors (Lipinski definition) is 6. The molecule has 2 aromatic rings. The van der Waals surface area contributed by atoms with Gasteiger partial charge >= 0.3 is 0 Å². The quantitative estimate of drug-likeness (QED) is 0.629. The van der Waals surface area contributed by atoms with Gasteiger partial charge in [0.05, 0.1) is 22.7 Å². The second kappa shape index (κ2) is 10.3. The number of nitrogens with two attached hydrogens (primary N) is 1. The number of sulfonamides is 1. The third kappa shape index (κ3) is 5.82. The van der Waals surface area contributed by atoms with Gasteiger partial charge in [0.25, 0.3) is 5.91 Å². The molecule has 3 heterocycles. The van der Waals surface area contributed by atoms with E-state index in [1.165, 1.54) is 16.4 Å². The molecule has 9 nitrogen and oxygen atoms in total. The van der Waals surface area contributed by atoms with Crippen molar-refractivity contribution in [3.8, 4) is 0 Å². The number of hydrogen-bond donors (Lipinski definition) is 2. The molecule has 0 bridgehead atoms. The second-order valence-electron chi connectivity index (χ2n) is 9.84. The molecule has 3 unspecified atom stereocenters. The Hall–Kier alpha value is -2.98. The average Bonchev–Trinajstić information content (AvgIpc) is 2.84. The lowest BCUT2D eigenvalue weighted by Crippen LogP contribution is -2.42. The van der Waals surface area contributed by atoms with Crippen LogP contribution in [0.25, 0.3) is 0 Å². The Bertz CT molecular complexity index is 1170. The van der Waals surface area contributed by atoms with Gasteiger partial charge in [-0.2, -0.15) is 4.31 Å². The monoisotopic (exact) mass is 499 g/mol. The summed E-state index contributed by atoms with van der Waals surface area (Å²) in [5.74, 6) is 0.400. The summed E-state index contributed by atoms with van der Waals surface area (Å²) in [5, 5.41) is 2.79. The van der Waals surface area contributed by atoms with Crippen LogP contribution >= 0.6 is 0 Å². The summed E-state index contributed by atoms with van der Waals surface area (Å²) in [6.45, 7) is 6.41. The third-order valence-corrected chi connectivity index (χ3v) is 8.55. The summed E-state index contributed by atoms with van der Waals surface area (Å²) in [6.07, 6.45) is 4.20. The molecule has 10 heteroatoms. The minimum absolute atomic E-state index is 0.119. The van der Waals surface area contributed by atoms with Gasteiger partial charge in [0.15, 0.2) is 0 Å². The van der Waals surface area contributed by atoms with Crippen molar-refractivity contribution < 1.29 is 18.0 Å². The SMILES string of the molecule is CC1CC(C)CN(S(=O)(=O)c2cccc(C(=O)Nc3ccc(N4CCCC(C(N)=O)C4)nc3)c2)C1. The second-order valence-corrected chi connectivity index (χ2v) is 11.8. The van der Waals surface area contributed by atoms with Crippen LogP contribution in [0.15, 0.2) is 47.5 Å². The summed E-state index contributed by atoms with van der Waals surface area (Å²) in [5.41, 5.74) is 6.21. The van der Waals surface area contributed by atoms with Crippen LogP contribution in [0, 0.1) is 17.8 Å². The van der Waals surface area contributed by atoms with E-state index in [-0.39, 0.29) is 22.3 Å². The van der Waals surface area contributed by atoms with E-state index in [0.717, 1.165) is 25.8 Å². The van der Waals surface area contributed by atoms with Crippen LogP contribution < -0.4 is 16.0 Å². The Morgan fingerprint density at radius 2 is 1.83 bits per heavy atom. The summed E-state index contributed by atoms with van der Waals surface area (Å²) in [7, 11) is -3.68. The van der Waals surface area contributed by atoms with Gasteiger partial charge in [-0.15, -0.1) is 0 Å². The third-order valence-electron chi connectivity index (χ3n) is 6.72. The molecule has 1 aromatic heterocycles. The molecular formula is C25H33N5O4S. The molecule has 188 valence electrons. The maximum Gasteiger partial charge on any atom is 0.255 e. The number of nitrogens with one attached hydrogen (secondary N) is 1. The fraction of sp³-hybridized carbons (Fsp3) is 0.480. The Morgan fingerprint density at radius 1 is 1.09 bits per heavy atom. The number of benzene rings is 1. The number of piperidine rings is 2. The van der Waals surface area contributed by atoms with Crippen molar-refractivity contribution >= 4 is 33.3 Å². The summed E-state index contributed by atoms with van der Waals surface area (Å²) in [4.78, 5) is 31.0. The van der Waals surface area contributed by atoms with Crippen molar-refractivity contribution in [2.45, 2.75) is 38.0 Å². The van der Waals surface area contributed by atoms with Crippen LogP contribution in [0.1, 0.15) is 43.5 Å². The van der Waals surface area contributed by atoms with E-state index >= 15 is 0 Å². The summed E-state index contributed by atoms with van der Waals surface area (Å²) < 4.78 is 28.0. The van der Waals surface area contributed by atoms with Gasteiger partial charge in [-0.1, -0.05) is 19.9 Å². The molecule has 35 heavy (non-hydrogen) atoms. The lowest BCUT2D eigenvalue weighted by atomic mass is 9.94. The minimum atomic E-state index is -3.68. The van der Waals surface area contributed by atoms with E-state index in [0.29, 0.717) is 43.0 Å². The van der Waals surface area contributed by atoms with Crippen molar-refractivity contribution in [1.29, 1.82) is 0 Å². The van der Waals surface area contributed by atoms with Gasteiger partial charge in [0.2, 0.25) is 15.9 Å². The smallest absolute Gasteiger partial charge is 0.255 e. The molecule has 2 amide bonds. The van der Waals surface area contributed by atoms with E-state index in [2.05, 4.69) is 24.1 Å². The maximum atomic E-state index is 13.2. The fourth-order valence-corrected chi connectivity index (χ4v) is 6.74. The van der Waals surface area contributed by atoms with Gasteiger partial charge in [-0.3, -0.25) is 9.59 Å². The van der Waals surface area contributed by atoms with Crippen molar-refractivity contribution in [2.24, 2.45) is 23.5 Å². The van der Waals surface area contributed by atoms with Crippen molar-refractivity contribution in [3.05, 3.63) is 48.2 Å². The minimum Gasteiger partial charge on any atom is -0.369 e. The highest BCUT2D eigenvalue weighted by Crippen LogP contribution is 2.27. The molecule has 0 spiro atoms.